The van der Waals surface area contributed by atoms with Crippen LogP contribution in [0.25, 0.3) is 49.7 Å². The Morgan fingerprint density at radius 1 is 0.350 bits per heavy atom. The molecule has 12 rings (SSSR count). The fourth-order valence-electron chi connectivity index (χ4n) is 10.8. The molecule has 60 heavy (non-hydrogen) atoms. The van der Waals surface area contributed by atoms with E-state index in [1.807, 2.05) is 0 Å². The molecule has 0 saturated heterocycles. The van der Waals surface area contributed by atoms with Crippen LogP contribution in [0.4, 0.5) is 17.1 Å². The average Bonchev–Trinajstić information content (AvgIpc) is 3.80. The molecule has 10 aromatic rings. The number of anilines is 3. The molecule has 0 radical (unpaired) electrons. The summed E-state index contributed by atoms with van der Waals surface area (Å²) >= 11 is 0. The number of para-hydroxylation sites is 3. The van der Waals surface area contributed by atoms with Gasteiger partial charge in [0, 0.05) is 38.9 Å². The van der Waals surface area contributed by atoms with Gasteiger partial charge in [-0.2, -0.15) is 0 Å². The molecule has 1 spiro atoms. The molecular weight excluding hydrogens is 725 g/mol. The molecule has 0 atom stereocenters. The monoisotopic (exact) mass is 766 g/mol. The van der Waals surface area contributed by atoms with Crippen molar-refractivity contribution in [3.63, 3.8) is 0 Å². The summed E-state index contributed by atoms with van der Waals surface area (Å²) in [6.07, 6.45) is 0. The van der Waals surface area contributed by atoms with Gasteiger partial charge in [-0.3, -0.25) is 0 Å². The summed E-state index contributed by atoms with van der Waals surface area (Å²) in [5.41, 5.74) is 19.6. The van der Waals surface area contributed by atoms with Crippen molar-refractivity contribution in [2.24, 2.45) is 0 Å². The minimum Gasteiger partial charge on any atom is -0.310 e. The van der Waals surface area contributed by atoms with Gasteiger partial charge in [-0.25, -0.2) is 0 Å². The van der Waals surface area contributed by atoms with Gasteiger partial charge >= 0.3 is 0 Å². The normalized spacial score (nSPS) is 14.1. The number of nitrogens with zero attached hydrogens (tertiary/aromatic N) is 2. The lowest BCUT2D eigenvalue weighted by Gasteiger charge is -2.46. The van der Waals surface area contributed by atoms with E-state index in [1.54, 1.807) is 0 Å². The fourth-order valence-corrected chi connectivity index (χ4v) is 10.8. The van der Waals surface area contributed by atoms with Crippen LogP contribution >= 0.6 is 0 Å². The second-order valence-electron chi connectivity index (χ2n) is 16.9. The predicted octanol–water partition coefficient (Wildman–Crippen LogP) is 14.9. The number of benzene rings is 9. The Morgan fingerprint density at radius 2 is 0.900 bits per heavy atom. The van der Waals surface area contributed by atoms with Crippen LogP contribution in [0, 0.1) is 0 Å². The molecule has 0 bridgehead atoms. The van der Waals surface area contributed by atoms with E-state index in [0.717, 1.165) is 22.7 Å². The van der Waals surface area contributed by atoms with Crippen LogP contribution in [0.2, 0.25) is 0 Å². The summed E-state index contributed by atoms with van der Waals surface area (Å²) in [5, 5.41) is 2.47. The van der Waals surface area contributed by atoms with Crippen molar-refractivity contribution >= 4 is 38.9 Å². The average molecular weight is 767 g/mol. The third-order valence-corrected chi connectivity index (χ3v) is 13.4. The molecule has 0 N–H and O–H groups in total. The summed E-state index contributed by atoms with van der Waals surface area (Å²) < 4.78 is 2.38. The van der Waals surface area contributed by atoms with Gasteiger partial charge in [-0.15, -0.1) is 0 Å². The number of rotatable bonds is 5. The maximum atomic E-state index is 2.49. The molecule has 0 saturated carbocycles. The van der Waals surface area contributed by atoms with Gasteiger partial charge in [0.15, 0.2) is 0 Å². The SMILES string of the molecule is CC1(C)c2ccccc2C2(c3ccccc3-c3ccccc32)c2ccc(-c3cccc(N(c4ccccc4)c4ccc5c(c4)c4ccccc4n5-c4ccccc4)c3)cc21. The predicted molar refractivity (Wildman–Crippen MR) is 250 cm³/mol. The van der Waals surface area contributed by atoms with Crippen LogP contribution in [0.3, 0.4) is 0 Å². The highest BCUT2D eigenvalue weighted by Crippen LogP contribution is 2.62. The Balaban J connectivity index is 1.03. The molecule has 2 heteroatoms. The van der Waals surface area contributed by atoms with Gasteiger partial charge in [-0.05, 0) is 122 Å². The quantitative estimate of drug-likeness (QED) is 0.169. The van der Waals surface area contributed by atoms with E-state index in [9.17, 15) is 0 Å². The highest BCUT2D eigenvalue weighted by molar-refractivity contribution is 6.10. The summed E-state index contributed by atoms with van der Waals surface area (Å²) in [4.78, 5) is 2.40. The van der Waals surface area contributed by atoms with E-state index >= 15 is 0 Å². The first kappa shape index (κ1) is 34.6. The van der Waals surface area contributed by atoms with Crippen LogP contribution in [-0.4, -0.2) is 4.57 Å². The number of hydrogen-bond donors (Lipinski definition) is 0. The van der Waals surface area contributed by atoms with E-state index in [-0.39, 0.29) is 5.41 Å². The van der Waals surface area contributed by atoms with Crippen molar-refractivity contribution in [3.8, 4) is 27.9 Å². The second kappa shape index (κ2) is 13.0. The molecule has 284 valence electrons. The van der Waals surface area contributed by atoms with E-state index in [1.165, 1.54) is 77.4 Å². The summed E-state index contributed by atoms with van der Waals surface area (Å²) in [5.74, 6) is 0. The summed E-state index contributed by atoms with van der Waals surface area (Å²) in [7, 11) is 0. The van der Waals surface area contributed by atoms with Crippen molar-refractivity contribution < 1.29 is 0 Å². The summed E-state index contributed by atoms with van der Waals surface area (Å²) in [6, 6.07) is 80.8. The van der Waals surface area contributed by atoms with Crippen LogP contribution in [0.5, 0.6) is 0 Å². The minimum absolute atomic E-state index is 0.221. The molecule has 2 aliphatic carbocycles. The molecule has 2 nitrogen and oxygen atoms in total. The van der Waals surface area contributed by atoms with Crippen molar-refractivity contribution in [2.75, 3.05) is 4.90 Å². The van der Waals surface area contributed by atoms with Gasteiger partial charge in [0.1, 0.15) is 0 Å². The maximum Gasteiger partial charge on any atom is 0.0719 e. The van der Waals surface area contributed by atoms with Crippen molar-refractivity contribution in [1.29, 1.82) is 0 Å². The molecule has 1 aromatic heterocycles. The zero-order valence-electron chi connectivity index (χ0n) is 33.7. The summed E-state index contributed by atoms with van der Waals surface area (Å²) in [6.45, 7) is 4.82. The van der Waals surface area contributed by atoms with Crippen LogP contribution in [-0.2, 0) is 10.8 Å². The third-order valence-electron chi connectivity index (χ3n) is 13.4. The van der Waals surface area contributed by atoms with Crippen molar-refractivity contribution in [3.05, 3.63) is 252 Å². The van der Waals surface area contributed by atoms with Gasteiger partial charge < -0.3 is 9.47 Å². The Kier molecular flexibility index (Phi) is 7.52. The topological polar surface area (TPSA) is 8.17 Å². The molecular formula is C58H42N2. The number of fused-ring (bicyclic) bond motifs is 12. The molecule has 1 heterocycles. The molecule has 2 aliphatic rings. The number of hydrogen-bond acceptors (Lipinski definition) is 1. The molecule has 0 fully saturated rings. The molecule has 0 amide bonds. The first-order chi connectivity index (χ1) is 29.5. The second-order valence-corrected chi connectivity index (χ2v) is 16.9. The molecule has 0 unspecified atom stereocenters. The van der Waals surface area contributed by atoms with E-state index in [2.05, 4.69) is 242 Å². The minimum atomic E-state index is -0.401. The van der Waals surface area contributed by atoms with Crippen molar-refractivity contribution in [2.45, 2.75) is 24.7 Å². The lowest BCUT2D eigenvalue weighted by molar-refractivity contribution is 0.563. The third kappa shape index (κ3) is 4.82. The Morgan fingerprint density at radius 3 is 1.65 bits per heavy atom. The maximum absolute atomic E-state index is 2.49. The van der Waals surface area contributed by atoms with Crippen LogP contribution < -0.4 is 4.90 Å². The van der Waals surface area contributed by atoms with Gasteiger partial charge in [-0.1, -0.05) is 166 Å². The Labute approximate surface area is 351 Å². The Bertz CT molecular complexity index is 3250. The molecule has 9 aromatic carbocycles. The largest absolute Gasteiger partial charge is 0.310 e. The highest BCUT2D eigenvalue weighted by Gasteiger charge is 2.53. The molecule has 0 aliphatic heterocycles. The zero-order valence-corrected chi connectivity index (χ0v) is 33.7. The van der Waals surface area contributed by atoms with Gasteiger partial charge in [0.05, 0.1) is 16.4 Å². The smallest absolute Gasteiger partial charge is 0.0719 e. The lowest BCUT2D eigenvalue weighted by Crippen LogP contribution is -2.40. The standard InChI is InChI=1S/C58H42N2/c1-57(2)51-29-14-15-30-52(51)58(49-27-12-9-24-45(49)46-25-10-13-28-50(46)58)53-34-32-40(37-54(53)57)39-18-17-23-43(36-39)59(41-19-5-3-6-20-41)44-33-35-56-48(38-44)47-26-11-16-31-55(47)60(56)42-21-7-4-8-22-42/h3-38H,1-2H3. The zero-order chi connectivity index (χ0) is 40.0. The van der Waals surface area contributed by atoms with E-state index in [4.69, 9.17) is 0 Å². The Hall–Kier alpha value is -7.42. The van der Waals surface area contributed by atoms with E-state index < -0.39 is 5.41 Å². The van der Waals surface area contributed by atoms with Crippen molar-refractivity contribution in [1.82, 2.24) is 4.57 Å². The first-order valence-corrected chi connectivity index (χ1v) is 21.0. The first-order valence-electron chi connectivity index (χ1n) is 21.0. The lowest BCUT2D eigenvalue weighted by atomic mass is 9.55. The number of aromatic nitrogens is 1. The highest BCUT2D eigenvalue weighted by atomic mass is 15.1. The van der Waals surface area contributed by atoms with E-state index in [0.29, 0.717) is 0 Å². The van der Waals surface area contributed by atoms with Gasteiger partial charge in [0.2, 0.25) is 0 Å². The van der Waals surface area contributed by atoms with Crippen LogP contribution in [0.1, 0.15) is 47.2 Å². The van der Waals surface area contributed by atoms with Gasteiger partial charge in [0.25, 0.3) is 0 Å². The fraction of sp³-hybridized carbons (Fsp3) is 0.0690. The van der Waals surface area contributed by atoms with Crippen LogP contribution in [0.15, 0.2) is 218 Å².